The molecule has 240 valence electrons. The Morgan fingerprint density at radius 3 is 2.50 bits per heavy atom. The van der Waals surface area contributed by atoms with Gasteiger partial charge in [0.1, 0.15) is 22.8 Å². The zero-order valence-corrected chi connectivity index (χ0v) is 25.9. The molecule has 13 nitrogen and oxygen atoms in total. The van der Waals surface area contributed by atoms with Crippen molar-refractivity contribution in [2.24, 2.45) is 16.6 Å². The number of methoxy groups -OCH3 is 1. The topological polar surface area (TPSA) is 186 Å². The molecule has 0 aliphatic carbocycles. The van der Waals surface area contributed by atoms with Crippen LogP contribution >= 0.6 is 11.8 Å². The van der Waals surface area contributed by atoms with Gasteiger partial charge in [0.25, 0.3) is 16.0 Å². The third-order valence-electron chi connectivity index (χ3n) is 7.13. The van der Waals surface area contributed by atoms with Crippen molar-refractivity contribution in [3.8, 4) is 5.88 Å². The highest BCUT2D eigenvalue weighted by atomic mass is 32.2. The van der Waals surface area contributed by atoms with E-state index in [1.54, 1.807) is 36.4 Å². The molecular weight excluding hydrogens is 642 g/mol. The van der Waals surface area contributed by atoms with Crippen molar-refractivity contribution in [2.45, 2.75) is 11.3 Å². The zero-order valence-electron chi connectivity index (χ0n) is 24.2. The van der Waals surface area contributed by atoms with E-state index in [1.807, 2.05) is 4.90 Å². The van der Waals surface area contributed by atoms with Gasteiger partial charge in [-0.3, -0.25) is 9.35 Å². The van der Waals surface area contributed by atoms with Gasteiger partial charge in [-0.25, -0.2) is 33.7 Å². The highest BCUT2D eigenvalue weighted by Gasteiger charge is 2.52. The van der Waals surface area contributed by atoms with E-state index in [2.05, 4.69) is 25.3 Å². The van der Waals surface area contributed by atoms with E-state index < -0.39 is 33.2 Å². The summed E-state index contributed by atoms with van der Waals surface area (Å²) >= 11 is 1.39. The van der Waals surface area contributed by atoms with Gasteiger partial charge in [0.15, 0.2) is 11.0 Å². The Morgan fingerprint density at radius 1 is 1.11 bits per heavy atom. The van der Waals surface area contributed by atoms with Gasteiger partial charge in [-0.1, -0.05) is 42.1 Å². The lowest BCUT2D eigenvalue weighted by Crippen LogP contribution is -2.40. The molecule has 46 heavy (non-hydrogen) atoms. The number of benzene rings is 2. The second-order valence-corrected chi connectivity index (χ2v) is 12.8. The number of aromatic nitrogens is 4. The fraction of sp³-hybridized carbons (Fsp3) is 0.241. The predicted molar refractivity (Wildman–Crippen MR) is 168 cm³/mol. The highest BCUT2D eigenvalue weighted by Crippen LogP contribution is 2.47. The highest BCUT2D eigenvalue weighted by molar-refractivity contribution is 8.13. The van der Waals surface area contributed by atoms with Gasteiger partial charge in [0, 0.05) is 29.5 Å². The maximum absolute atomic E-state index is 15.3. The maximum atomic E-state index is 15.3. The number of carbonyl (C=O) groups is 1. The molecule has 17 heteroatoms. The van der Waals surface area contributed by atoms with Crippen LogP contribution in [0.5, 0.6) is 5.88 Å². The Balaban J connectivity index is 0.000000322. The number of hydrogen-bond donors (Lipinski definition) is 3. The second-order valence-electron chi connectivity index (χ2n) is 10.3. The fourth-order valence-electron chi connectivity index (χ4n) is 5.07. The first-order valence-corrected chi connectivity index (χ1v) is 16.2. The first-order valence-electron chi connectivity index (χ1n) is 13.6. The number of halogens is 2. The second kappa shape index (κ2) is 13.7. The van der Waals surface area contributed by atoms with Crippen molar-refractivity contribution < 1.29 is 31.3 Å². The molecule has 1 amide bonds. The number of nitrogens with one attached hydrogen (secondary N) is 1. The molecule has 2 aliphatic rings. The lowest BCUT2D eigenvalue weighted by atomic mass is 9.81. The monoisotopic (exact) mass is 670 g/mol. The molecule has 1 saturated heterocycles. The molecule has 4 N–H and O–H groups in total. The Labute approximate surface area is 267 Å². The van der Waals surface area contributed by atoms with Crippen LogP contribution in [0.25, 0.3) is 0 Å². The Kier molecular flexibility index (Phi) is 9.74. The van der Waals surface area contributed by atoms with E-state index >= 15 is 4.39 Å². The van der Waals surface area contributed by atoms with Crippen LogP contribution in [0.1, 0.15) is 21.6 Å². The summed E-state index contributed by atoms with van der Waals surface area (Å²) in [4.78, 5) is 35.3. The molecule has 4 aromatic rings. The lowest BCUT2D eigenvalue weighted by molar-refractivity contribution is 0.102. The first-order chi connectivity index (χ1) is 22.0. The standard InChI is InChI=1S/C22H20F2N8O2S.C7H8O3S/c1-34-18-8-26-17(7-27-18)19(33)30-14-2-3-16(24)15(4-14)22-11-32(21-28-5-13(23)6-29-21)9-12(22)10-35-20(25)31-22;8-11(9,10)6-7-4-2-1-3-5-7/h2-8,12H,9-11H2,1H3,(H2,25,31)(H,30,33);1-5H,6H2,(H,8,9,10)/t12-,22-;/m0./s1. The summed E-state index contributed by atoms with van der Waals surface area (Å²) in [6, 6.07) is 12.8. The van der Waals surface area contributed by atoms with Gasteiger partial charge in [-0.15, -0.1) is 0 Å². The number of aliphatic imine (C=N–C) groups is 1. The van der Waals surface area contributed by atoms with Crippen LogP contribution < -0.4 is 20.7 Å². The molecule has 2 atom stereocenters. The van der Waals surface area contributed by atoms with E-state index in [0.29, 0.717) is 34.7 Å². The van der Waals surface area contributed by atoms with Crippen LogP contribution in [-0.4, -0.2) is 69.9 Å². The smallest absolute Gasteiger partial charge is 0.275 e. The Hall–Kier alpha value is -4.74. The summed E-state index contributed by atoms with van der Waals surface area (Å²) in [7, 11) is -2.43. The Bertz CT molecular complexity index is 1840. The van der Waals surface area contributed by atoms with Crippen LogP contribution in [0.15, 0.2) is 78.3 Å². The van der Waals surface area contributed by atoms with Crippen molar-refractivity contribution in [1.82, 2.24) is 19.9 Å². The van der Waals surface area contributed by atoms with Crippen molar-refractivity contribution in [3.63, 3.8) is 0 Å². The molecule has 0 bridgehead atoms. The van der Waals surface area contributed by atoms with Crippen LogP contribution in [-0.2, 0) is 21.4 Å². The van der Waals surface area contributed by atoms with E-state index in [-0.39, 0.29) is 35.4 Å². The van der Waals surface area contributed by atoms with Crippen LogP contribution in [0.2, 0.25) is 0 Å². The van der Waals surface area contributed by atoms with E-state index in [1.165, 1.54) is 43.4 Å². The number of nitrogens with two attached hydrogens (primary N) is 1. The molecule has 2 aromatic carbocycles. The molecule has 0 radical (unpaired) electrons. The minimum atomic E-state index is -3.88. The number of amides is 1. The third-order valence-corrected chi connectivity index (χ3v) is 8.79. The minimum Gasteiger partial charge on any atom is -0.480 e. The van der Waals surface area contributed by atoms with E-state index in [9.17, 15) is 17.6 Å². The summed E-state index contributed by atoms with van der Waals surface area (Å²) < 4.78 is 62.7. The van der Waals surface area contributed by atoms with Crippen molar-refractivity contribution in [2.75, 3.05) is 36.2 Å². The molecule has 2 aromatic heterocycles. The van der Waals surface area contributed by atoms with Crippen molar-refractivity contribution in [3.05, 3.63) is 102 Å². The fourth-order valence-corrected chi connectivity index (χ4v) is 6.67. The zero-order chi connectivity index (χ0) is 32.9. The number of hydrogen-bond acceptors (Lipinski definition) is 12. The van der Waals surface area contributed by atoms with Crippen LogP contribution in [0, 0.1) is 17.6 Å². The summed E-state index contributed by atoms with van der Waals surface area (Å²) in [6.45, 7) is 0.718. The van der Waals surface area contributed by atoms with Gasteiger partial charge in [0.05, 0.1) is 38.4 Å². The first kappa shape index (κ1) is 32.6. The Morgan fingerprint density at radius 2 is 1.85 bits per heavy atom. The number of carbonyl (C=O) groups excluding carboxylic acids is 1. The number of rotatable bonds is 7. The van der Waals surface area contributed by atoms with Gasteiger partial charge in [0.2, 0.25) is 11.8 Å². The van der Waals surface area contributed by atoms with E-state index in [0.717, 1.165) is 12.4 Å². The number of fused-ring (bicyclic) bond motifs is 1. The lowest BCUT2D eigenvalue weighted by Gasteiger charge is -2.35. The summed E-state index contributed by atoms with van der Waals surface area (Å²) in [5.41, 5.74) is 6.37. The molecule has 6 rings (SSSR count). The predicted octanol–water partition coefficient (Wildman–Crippen LogP) is 3.27. The average molecular weight is 671 g/mol. The van der Waals surface area contributed by atoms with Gasteiger partial charge >= 0.3 is 0 Å². The quantitative estimate of drug-likeness (QED) is 0.244. The van der Waals surface area contributed by atoms with Gasteiger partial charge in [-0.05, 0) is 23.8 Å². The van der Waals surface area contributed by atoms with Crippen molar-refractivity contribution >= 4 is 44.6 Å². The SMILES string of the molecule is COc1cnc(C(=O)Nc2ccc(F)c([C@]34CN(c5ncc(F)cn5)C[C@H]3CSC(N)=N4)c2)cn1.O=S(=O)(O)Cc1ccccc1. The number of anilines is 2. The molecule has 0 spiro atoms. The largest absolute Gasteiger partial charge is 0.480 e. The normalized spacial score (nSPS) is 18.9. The third kappa shape index (κ3) is 7.72. The average Bonchev–Trinajstić information content (AvgIpc) is 3.42. The van der Waals surface area contributed by atoms with E-state index in [4.69, 9.17) is 20.0 Å². The summed E-state index contributed by atoms with van der Waals surface area (Å²) in [5.74, 6) is -0.781. The molecule has 1 fully saturated rings. The van der Waals surface area contributed by atoms with Gasteiger partial charge in [-0.2, -0.15) is 8.42 Å². The maximum Gasteiger partial charge on any atom is 0.275 e. The van der Waals surface area contributed by atoms with Crippen LogP contribution in [0.3, 0.4) is 0 Å². The van der Waals surface area contributed by atoms with Crippen LogP contribution in [0.4, 0.5) is 20.4 Å². The number of amidine groups is 1. The number of ether oxygens (including phenoxy) is 1. The van der Waals surface area contributed by atoms with Gasteiger partial charge < -0.3 is 20.7 Å². The molecule has 0 unspecified atom stereocenters. The molecule has 4 heterocycles. The number of nitrogens with zero attached hydrogens (tertiary/aromatic N) is 6. The molecule has 2 aliphatic heterocycles. The molecular formula is C29H28F2N8O5S2. The summed E-state index contributed by atoms with van der Waals surface area (Å²) in [6.07, 6.45) is 4.79. The summed E-state index contributed by atoms with van der Waals surface area (Å²) in [5, 5.41) is 3.06. The number of thioether (sulfide) groups is 1. The minimum absolute atomic E-state index is 0.0737. The molecule has 0 saturated carbocycles. The van der Waals surface area contributed by atoms with Crippen molar-refractivity contribution in [1.29, 1.82) is 0 Å².